The molecule has 0 amide bonds. The Balaban J connectivity index is 2.33. The molecule has 6 nitrogen and oxygen atoms in total. The first-order chi connectivity index (χ1) is 8.42. The monoisotopic (exact) mass is 251 g/mol. The van der Waals surface area contributed by atoms with E-state index in [0.717, 1.165) is 6.42 Å². The van der Waals surface area contributed by atoms with Crippen LogP contribution in [0.1, 0.15) is 36.5 Å². The van der Waals surface area contributed by atoms with E-state index in [1.807, 2.05) is 13.8 Å². The van der Waals surface area contributed by atoms with Crippen LogP contribution in [-0.4, -0.2) is 39.3 Å². The number of carboxylic acid groups (broad SMARTS) is 1. The minimum absolute atomic E-state index is 0.00872. The number of rotatable bonds is 3. The Bertz CT molecular complexity index is 478. The maximum absolute atomic E-state index is 11.1. The Morgan fingerprint density at radius 3 is 2.94 bits per heavy atom. The van der Waals surface area contributed by atoms with Crippen molar-refractivity contribution < 1.29 is 14.6 Å². The van der Waals surface area contributed by atoms with Crippen LogP contribution in [0.3, 0.4) is 0 Å². The Morgan fingerprint density at radius 1 is 1.67 bits per heavy atom. The molecule has 1 aromatic heterocycles. The Kier molecular flexibility index (Phi) is 3.21. The van der Waals surface area contributed by atoms with Gasteiger partial charge in [-0.15, -0.1) is 0 Å². The fraction of sp³-hybridized carbons (Fsp3) is 0.583. The van der Waals surface area contributed by atoms with Gasteiger partial charge in [0.05, 0.1) is 11.6 Å². The molecule has 2 atom stereocenters. The van der Waals surface area contributed by atoms with Crippen molar-refractivity contribution in [3.63, 3.8) is 0 Å². The van der Waals surface area contributed by atoms with Gasteiger partial charge in [0.15, 0.2) is 0 Å². The molecule has 1 saturated heterocycles. The summed E-state index contributed by atoms with van der Waals surface area (Å²) >= 11 is 0. The second-order valence-corrected chi connectivity index (χ2v) is 4.79. The Morgan fingerprint density at radius 2 is 2.39 bits per heavy atom. The van der Waals surface area contributed by atoms with Crippen LogP contribution in [0, 0.1) is 6.92 Å². The minimum atomic E-state index is -1.03. The number of nitrogens with zero attached hydrogens (tertiary/aromatic N) is 2. The highest BCUT2D eigenvalue weighted by Gasteiger charge is 2.38. The van der Waals surface area contributed by atoms with Gasteiger partial charge < -0.3 is 15.2 Å². The van der Waals surface area contributed by atoms with Crippen molar-refractivity contribution >= 4 is 11.8 Å². The van der Waals surface area contributed by atoms with E-state index in [2.05, 4.69) is 15.3 Å². The number of aromatic nitrogens is 2. The van der Waals surface area contributed by atoms with E-state index >= 15 is 0 Å². The number of nitrogens with one attached hydrogen (secondary N) is 1. The highest BCUT2D eigenvalue weighted by molar-refractivity contribution is 5.92. The summed E-state index contributed by atoms with van der Waals surface area (Å²) in [5.74, 6) is -0.139. The highest BCUT2D eigenvalue weighted by Crippen LogP contribution is 2.29. The van der Waals surface area contributed by atoms with Gasteiger partial charge in [0, 0.05) is 12.8 Å². The summed E-state index contributed by atoms with van der Waals surface area (Å²) in [5.41, 5.74) is -0.216. The zero-order chi connectivity index (χ0) is 13.3. The smallest absolute Gasteiger partial charge is 0.341 e. The SMILES string of the molecule is Cc1ncc(C(=O)O)c(NC2(C)CCOC2C)n1. The average Bonchev–Trinajstić information content (AvgIpc) is 2.58. The van der Waals surface area contributed by atoms with Crippen LogP contribution in [-0.2, 0) is 4.74 Å². The number of hydrogen-bond donors (Lipinski definition) is 2. The number of anilines is 1. The van der Waals surface area contributed by atoms with Crippen LogP contribution in [0.15, 0.2) is 6.20 Å². The summed E-state index contributed by atoms with van der Waals surface area (Å²) < 4.78 is 5.52. The minimum Gasteiger partial charge on any atom is -0.477 e. The largest absolute Gasteiger partial charge is 0.477 e. The van der Waals surface area contributed by atoms with Crippen LogP contribution >= 0.6 is 0 Å². The van der Waals surface area contributed by atoms with E-state index in [1.54, 1.807) is 6.92 Å². The molecule has 0 aromatic carbocycles. The van der Waals surface area contributed by atoms with E-state index in [-0.39, 0.29) is 17.2 Å². The summed E-state index contributed by atoms with van der Waals surface area (Å²) in [5, 5.41) is 12.3. The molecule has 0 bridgehead atoms. The third kappa shape index (κ3) is 2.28. The molecule has 0 saturated carbocycles. The summed E-state index contributed by atoms with van der Waals surface area (Å²) in [6, 6.07) is 0. The van der Waals surface area contributed by atoms with Gasteiger partial charge in [-0.3, -0.25) is 0 Å². The molecular weight excluding hydrogens is 234 g/mol. The van der Waals surface area contributed by atoms with Gasteiger partial charge in [-0.2, -0.15) is 0 Å². The third-order valence-electron chi connectivity index (χ3n) is 3.43. The zero-order valence-electron chi connectivity index (χ0n) is 10.7. The van der Waals surface area contributed by atoms with E-state index < -0.39 is 5.97 Å². The lowest BCUT2D eigenvalue weighted by atomic mass is 9.94. The summed E-state index contributed by atoms with van der Waals surface area (Å²) in [7, 11) is 0. The van der Waals surface area contributed by atoms with Crippen molar-refractivity contribution in [3.05, 3.63) is 17.6 Å². The summed E-state index contributed by atoms with van der Waals surface area (Å²) in [6.45, 7) is 6.37. The maximum atomic E-state index is 11.1. The molecule has 18 heavy (non-hydrogen) atoms. The molecule has 2 N–H and O–H groups in total. The molecule has 1 fully saturated rings. The molecule has 98 valence electrons. The fourth-order valence-corrected chi connectivity index (χ4v) is 1.99. The maximum Gasteiger partial charge on any atom is 0.341 e. The van der Waals surface area contributed by atoms with Gasteiger partial charge in [-0.05, 0) is 27.2 Å². The lowest BCUT2D eigenvalue weighted by Crippen LogP contribution is -2.42. The first kappa shape index (κ1) is 12.8. The zero-order valence-corrected chi connectivity index (χ0v) is 10.7. The number of ether oxygens (including phenoxy) is 1. The van der Waals surface area contributed by atoms with E-state index in [4.69, 9.17) is 9.84 Å². The molecule has 0 aliphatic carbocycles. The molecule has 6 heteroatoms. The van der Waals surface area contributed by atoms with Crippen LogP contribution < -0.4 is 5.32 Å². The average molecular weight is 251 g/mol. The summed E-state index contributed by atoms with van der Waals surface area (Å²) in [4.78, 5) is 19.2. The molecule has 0 spiro atoms. The number of carbonyl (C=O) groups is 1. The van der Waals surface area contributed by atoms with Crippen molar-refractivity contribution in [3.8, 4) is 0 Å². The second-order valence-electron chi connectivity index (χ2n) is 4.79. The lowest BCUT2D eigenvalue weighted by molar-refractivity contribution is 0.0696. The number of hydrogen-bond acceptors (Lipinski definition) is 5. The predicted octanol–water partition coefficient (Wildman–Crippen LogP) is 1.46. The summed E-state index contributed by atoms with van der Waals surface area (Å²) in [6.07, 6.45) is 2.15. The third-order valence-corrected chi connectivity index (χ3v) is 3.43. The van der Waals surface area contributed by atoms with Crippen LogP contribution in [0.25, 0.3) is 0 Å². The highest BCUT2D eigenvalue weighted by atomic mass is 16.5. The lowest BCUT2D eigenvalue weighted by Gasteiger charge is -2.30. The van der Waals surface area contributed by atoms with Gasteiger partial charge in [-0.1, -0.05) is 0 Å². The van der Waals surface area contributed by atoms with Gasteiger partial charge in [-0.25, -0.2) is 14.8 Å². The molecule has 1 aliphatic heterocycles. The van der Waals surface area contributed by atoms with Gasteiger partial charge in [0.25, 0.3) is 0 Å². The van der Waals surface area contributed by atoms with Crippen LogP contribution in [0.5, 0.6) is 0 Å². The molecule has 0 radical (unpaired) electrons. The van der Waals surface area contributed by atoms with Crippen molar-refractivity contribution in [2.75, 3.05) is 11.9 Å². The quantitative estimate of drug-likeness (QED) is 0.846. The standard InChI is InChI=1S/C12H17N3O3/c1-7-12(3,4-5-18-7)15-10-9(11(16)17)6-13-8(2)14-10/h6-7H,4-5H2,1-3H3,(H,16,17)(H,13,14,15). The number of carboxylic acids is 1. The molecule has 2 heterocycles. The van der Waals surface area contributed by atoms with Crippen molar-refractivity contribution in [1.82, 2.24) is 9.97 Å². The number of aromatic carboxylic acids is 1. The fourth-order valence-electron chi connectivity index (χ4n) is 1.99. The van der Waals surface area contributed by atoms with Gasteiger partial charge in [0.2, 0.25) is 0 Å². The molecule has 1 aliphatic rings. The van der Waals surface area contributed by atoms with Gasteiger partial charge in [0.1, 0.15) is 17.2 Å². The first-order valence-electron chi connectivity index (χ1n) is 5.89. The number of aryl methyl sites for hydroxylation is 1. The van der Waals surface area contributed by atoms with E-state index in [1.165, 1.54) is 6.20 Å². The normalized spacial score (nSPS) is 27.2. The van der Waals surface area contributed by atoms with E-state index in [0.29, 0.717) is 18.2 Å². The molecular formula is C12H17N3O3. The van der Waals surface area contributed by atoms with E-state index in [9.17, 15) is 4.79 Å². The van der Waals surface area contributed by atoms with Crippen molar-refractivity contribution in [2.45, 2.75) is 38.8 Å². The second kappa shape index (κ2) is 4.53. The first-order valence-corrected chi connectivity index (χ1v) is 5.89. The van der Waals surface area contributed by atoms with Crippen molar-refractivity contribution in [1.29, 1.82) is 0 Å². The predicted molar refractivity (Wildman–Crippen MR) is 65.8 cm³/mol. The van der Waals surface area contributed by atoms with Crippen LogP contribution in [0.2, 0.25) is 0 Å². The molecule has 1 aromatic rings. The molecule has 2 rings (SSSR count). The Hall–Kier alpha value is -1.69. The van der Waals surface area contributed by atoms with Crippen LogP contribution in [0.4, 0.5) is 5.82 Å². The topological polar surface area (TPSA) is 84.3 Å². The Labute approximate surface area is 105 Å². The van der Waals surface area contributed by atoms with Gasteiger partial charge >= 0.3 is 5.97 Å². The van der Waals surface area contributed by atoms with Crippen molar-refractivity contribution in [2.24, 2.45) is 0 Å². The molecule has 2 unspecified atom stereocenters.